The number of carbonyl (C=O) groups excluding carboxylic acids is 1. The minimum absolute atomic E-state index is 0.0252. The summed E-state index contributed by atoms with van der Waals surface area (Å²) in [5.74, 6) is -1.82. The molecule has 0 radical (unpaired) electrons. The van der Waals surface area contributed by atoms with Gasteiger partial charge in [-0.25, -0.2) is 14.4 Å². The molecule has 0 aliphatic carbocycles. The van der Waals surface area contributed by atoms with Gasteiger partial charge in [-0.05, 0) is 37.6 Å². The van der Waals surface area contributed by atoms with E-state index in [1.54, 1.807) is 0 Å². The molecule has 132 valence electrons. The van der Waals surface area contributed by atoms with Crippen molar-refractivity contribution < 1.29 is 19.1 Å². The first-order valence-electron chi connectivity index (χ1n) is 7.52. The second-order valence-corrected chi connectivity index (χ2v) is 6.43. The molecule has 0 unspecified atom stereocenters. The van der Waals surface area contributed by atoms with Crippen molar-refractivity contribution in [2.45, 2.75) is 25.5 Å². The van der Waals surface area contributed by atoms with E-state index >= 15 is 0 Å². The topological polar surface area (TPSA) is 83.4 Å². The molecule has 0 atom stereocenters. The van der Waals surface area contributed by atoms with Crippen LogP contribution in [0.1, 0.15) is 17.0 Å². The zero-order valence-electron chi connectivity index (χ0n) is 13.9. The molecule has 0 aliphatic heterocycles. The van der Waals surface area contributed by atoms with Crippen LogP contribution in [-0.4, -0.2) is 44.1 Å². The predicted octanol–water partition coefficient (Wildman–Crippen LogP) is 2.44. The van der Waals surface area contributed by atoms with Crippen molar-refractivity contribution in [3.8, 4) is 0 Å². The van der Waals surface area contributed by atoms with Crippen LogP contribution < -0.4 is 0 Å². The first-order valence-corrected chi connectivity index (χ1v) is 8.51. The largest absolute Gasteiger partial charge is 0.480 e. The number of hydrogen-bond donors (Lipinski definition) is 1. The highest BCUT2D eigenvalue weighted by atomic mass is 32.2. The van der Waals surface area contributed by atoms with Crippen molar-refractivity contribution in [3.63, 3.8) is 0 Å². The van der Waals surface area contributed by atoms with Crippen LogP contribution >= 0.6 is 11.8 Å². The Morgan fingerprint density at radius 1 is 1.16 bits per heavy atom. The van der Waals surface area contributed by atoms with Gasteiger partial charge in [0.2, 0.25) is 5.91 Å². The third kappa shape index (κ3) is 6.15. The quantitative estimate of drug-likeness (QED) is 0.601. The van der Waals surface area contributed by atoms with Gasteiger partial charge in [0.05, 0.1) is 5.75 Å². The van der Waals surface area contributed by atoms with E-state index in [4.69, 9.17) is 5.11 Å². The summed E-state index contributed by atoms with van der Waals surface area (Å²) < 4.78 is 13.0. The molecule has 0 saturated carbocycles. The number of carboxylic acids is 1. The highest BCUT2D eigenvalue weighted by Crippen LogP contribution is 2.16. The van der Waals surface area contributed by atoms with Crippen LogP contribution in [0.25, 0.3) is 0 Å². The van der Waals surface area contributed by atoms with E-state index in [9.17, 15) is 14.0 Å². The molecule has 6 nitrogen and oxygen atoms in total. The average molecular weight is 363 g/mol. The van der Waals surface area contributed by atoms with Gasteiger partial charge in [0.25, 0.3) is 0 Å². The Morgan fingerprint density at radius 2 is 1.76 bits per heavy atom. The number of aliphatic carboxylic acids is 1. The average Bonchev–Trinajstić information content (AvgIpc) is 2.53. The van der Waals surface area contributed by atoms with Crippen molar-refractivity contribution in [2.24, 2.45) is 0 Å². The number of aromatic nitrogens is 2. The summed E-state index contributed by atoms with van der Waals surface area (Å²) in [5.41, 5.74) is 2.26. The summed E-state index contributed by atoms with van der Waals surface area (Å²) in [6.07, 6.45) is 0. The number of nitrogens with zero attached hydrogens (tertiary/aromatic N) is 3. The van der Waals surface area contributed by atoms with Crippen molar-refractivity contribution in [3.05, 3.63) is 53.1 Å². The van der Waals surface area contributed by atoms with Crippen molar-refractivity contribution in [1.82, 2.24) is 14.9 Å². The van der Waals surface area contributed by atoms with Crippen LogP contribution in [0.3, 0.4) is 0 Å². The van der Waals surface area contributed by atoms with Gasteiger partial charge in [-0.1, -0.05) is 23.9 Å². The van der Waals surface area contributed by atoms with Crippen LogP contribution in [0.2, 0.25) is 0 Å². The molecule has 0 bridgehead atoms. The van der Waals surface area contributed by atoms with Crippen LogP contribution in [-0.2, 0) is 16.1 Å². The first kappa shape index (κ1) is 18.9. The molecule has 1 aromatic heterocycles. The predicted molar refractivity (Wildman–Crippen MR) is 91.7 cm³/mol. The summed E-state index contributed by atoms with van der Waals surface area (Å²) in [6, 6.07) is 7.43. The Kier molecular flexibility index (Phi) is 6.46. The van der Waals surface area contributed by atoms with Crippen LogP contribution in [0.15, 0.2) is 35.5 Å². The molecule has 1 heterocycles. The number of benzene rings is 1. The third-order valence-corrected chi connectivity index (χ3v) is 4.08. The zero-order valence-corrected chi connectivity index (χ0v) is 14.7. The molecule has 2 rings (SSSR count). The Balaban J connectivity index is 2.04. The fourth-order valence-electron chi connectivity index (χ4n) is 2.18. The molecule has 1 aromatic carbocycles. The maximum Gasteiger partial charge on any atom is 0.323 e. The van der Waals surface area contributed by atoms with E-state index in [1.807, 2.05) is 19.9 Å². The van der Waals surface area contributed by atoms with Crippen LogP contribution in [0.4, 0.5) is 4.39 Å². The molecule has 0 aliphatic rings. The second-order valence-electron chi connectivity index (χ2n) is 5.49. The fraction of sp³-hybridized carbons (Fsp3) is 0.294. The van der Waals surface area contributed by atoms with E-state index < -0.39 is 12.5 Å². The second kappa shape index (κ2) is 8.57. The lowest BCUT2D eigenvalue weighted by molar-refractivity contribution is -0.143. The number of hydrogen-bond acceptors (Lipinski definition) is 5. The SMILES string of the molecule is Cc1cc(C)nc(SCC(=O)N(CC(=O)O)Cc2ccc(F)cc2)n1. The molecular formula is C17H18FN3O3S. The molecule has 2 aromatic rings. The van der Waals surface area contributed by atoms with E-state index in [-0.39, 0.29) is 24.0 Å². The van der Waals surface area contributed by atoms with E-state index in [1.165, 1.54) is 29.2 Å². The number of carboxylic acid groups (broad SMARTS) is 1. The molecule has 1 amide bonds. The van der Waals surface area contributed by atoms with E-state index in [2.05, 4.69) is 9.97 Å². The Morgan fingerprint density at radius 3 is 2.32 bits per heavy atom. The Labute approximate surface area is 149 Å². The monoisotopic (exact) mass is 363 g/mol. The lowest BCUT2D eigenvalue weighted by Crippen LogP contribution is -2.36. The molecule has 8 heteroatoms. The van der Waals surface area contributed by atoms with Gasteiger partial charge >= 0.3 is 5.97 Å². The first-order chi connectivity index (χ1) is 11.8. The summed E-state index contributed by atoms with van der Waals surface area (Å²) in [6.45, 7) is 3.35. The van der Waals surface area contributed by atoms with Gasteiger partial charge in [0.1, 0.15) is 12.4 Å². The van der Waals surface area contributed by atoms with E-state index in [0.717, 1.165) is 23.1 Å². The molecule has 1 N–H and O–H groups in total. The van der Waals surface area contributed by atoms with Gasteiger partial charge in [0.15, 0.2) is 5.16 Å². The number of carbonyl (C=O) groups is 2. The van der Waals surface area contributed by atoms with Gasteiger partial charge in [-0.2, -0.15) is 0 Å². The number of amides is 1. The summed E-state index contributed by atoms with van der Waals surface area (Å²) in [7, 11) is 0. The van der Waals surface area contributed by atoms with Crippen molar-refractivity contribution in [2.75, 3.05) is 12.3 Å². The summed E-state index contributed by atoms with van der Waals surface area (Å²) in [5, 5.41) is 9.50. The highest BCUT2D eigenvalue weighted by molar-refractivity contribution is 7.99. The zero-order chi connectivity index (χ0) is 18.4. The number of halogens is 1. The fourth-order valence-corrected chi connectivity index (χ4v) is 3.03. The van der Waals surface area contributed by atoms with Crippen LogP contribution in [0.5, 0.6) is 0 Å². The number of rotatable bonds is 7. The molecule has 0 spiro atoms. The van der Waals surface area contributed by atoms with E-state index in [0.29, 0.717) is 10.7 Å². The summed E-state index contributed by atoms with van der Waals surface area (Å²) >= 11 is 1.16. The van der Waals surface area contributed by atoms with Crippen molar-refractivity contribution in [1.29, 1.82) is 0 Å². The number of aryl methyl sites for hydroxylation is 2. The number of thioether (sulfide) groups is 1. The summed E-state index contributed by atoms with van der Waals surface area (Å²) in [4.78, 5) is 33.1. The molecule has 0 saturated heterocycles. The lowest BCUT2D eigenvalue weighted by Gasteiger charge is -2.20. The standard InChI is InChI=1S/C17H18FN3O3S/c1-11-7-12(2)20-17(19-11)25-10-15(22)21(9-16(23)24)8-13-3-5-14(18)6-4-13/h3-7H,8-10H2,1-2H3,(H,23,24). The maximum absolute atomic E-state index is 13.0. The van der Waals surface area contributed by atoms with Crippen LogP contribution in [0, 0.1) is 19.7 Å². The normalized spacial score (nSPS) is 10.5. The molecular weight excluding hydrogens is 345 g/mol. The van der Waals surface area contributed by atoms with Crippen molar-refractivity contribution >= 4 is 23.6 Å². The molecule has 25 heavy (non-hydrogen) atoms. The van der Waals surface area contributed by atoms with Gasteiger partial charge < -0.3 is 10.0 Å². The smallest absolute Gasteiger partial charge is 0.323 e. The Bertz CT molecular complexity index is 748. The minimum Gasteiger partial charge on any atom is -0.480 e. The third-order valence-electron chi connectivity index (χ3n) is 3.25. The van der Waals surface area contributed by atoms with Gasteiger partial charge in [-0.15, -0.1) is 0 Å². The van der Waals surface area contributed by atoms with Gasteiger partial charge in [0, 0.05) is 17.9 Å². The van der Waals surface area contributed by atoms with Gasteiger partial charge in [-0.3, -0.25) is 9.59 Å². The minimum atomic E-state index is -1.11. The maximum atomic E-state index is 13.0. The lowest BCUT2D eigenvalue weighted by atomic mass is 10.2. The highest BCUT2D eigenvalue weighted by Gasteiger charge is 2.18. The molecule has 0 fully saturated rings. The Hall–Kier alpha value is -2.48.